The van der Waals surface area contributed by atoms with Crippen LogP contribution in [0.4, 0.5) is 0 Å². The molecule has 2 fully saturated rings. The van der Waals surface area contributed by atoms with Crippen LogP contribution in [0.5, 0.6) is 0 Å². The van der Waals surface area contributed by atoms with Gasteiger partial charge in [-0.3, -0.25) is 14.3 Å². The molecule has 7 nitrogen and oxygen atoms in total. The molecule has 1 saturated carbocycles. The van der Waals surface area contributed by atoms with E-state index in [0.29, 0.717) is 17.7 Å². The molecule has 0 bridgehead atoms. The van der Waals surface area contributed by atoms with E-state index in [1.165, 1.54) is 6.26 Å². The highest BCUT2D eigenvalue weighted by molar-refractivity contribution is 5.96. The summed E-state index contributed by atoms with van der Waals surface area (Å²) in [5.41, 5.74) is 1.46. The van der Waals surface area contributed by atoms with Gasteiger partial charge in [0.05, 0.1) is 29.6 Å². The highest BCUT2D eigenvalue weighted by Crippen LogP contribution is 2.41. The quantitative estimate of drug-likeness (QED) is 0.923. The van der Waals surface area contributed by atoms with Crippen LogP contribution in [0.1, 0.15) is 47.1 Å². The zero-order valence-corrected chi connectivity index (χ0v) is 13.7. The fourth-order valence-electron chi connectivity index (χ4n) is 3.56. The van der Waals surface area contributed by atoms with Crippen LogP contribution >= 0.6 is 0 Å². The lowest BCUT2D eigenvalue weighted by Gasteiger charge is -2.28. The van der Waals surface area contributed by atoms with Crippen LogP contribution in [-0.4, -0.2) is 38.6 Å². The van der Waals surface area contributed by atoms with Gasteiger partial charge >= 0.3 is 0 Å². The molecule has 2 aromatic rings. The van der Waals surface area contributed by atoms with Crippen molar-refractivity contribution in [3.63, 3.8) is 0 Å². The Hall–Kier alpha value is -2.57. The fourth-order valence-corrected chi connectivity index (χ4v) is 3.56. The summed E-state index contributed by atoms with van der Waals surface area (Å²) in [7, 11) is 1.86. The minimum atomic E-state index is -0.268. The van der Waals surface area contributed by atoms with Gasteiger partial charge in [0.25, 0.3) is 5.91 Å². The molecule has 0 spiro atoms. The van der Waals surface area contributed by atoms with Gasteiger partial charge in [0.2, 0.25) is 5.91 Å². The van der Waals surface area contributed by atoms with Crippen LogP contribution in [0.25, 0.3) is 0 Å². The first-order valence-electron chi connectivity index (χ1n) is 8.20. The molecule has 2 aromatic heterocycles. The zero-order chi connectivity index (χ0) is 16.8. The summed E-state index contributed by atoms with van der Waals surface area (Å²) < 4.78 is 6.99. The predicted octanol–water partition coefficient (Wildman–Crippen LogP) is 1.56. The van der Waals surface area contributed by atoms with E-state index < -0.39 is 0 Å². The Labute approximate surface area is 139 Å². The second kappa shape index (κ2) is 5.51. The minimum Gasteiger partial charge on any atom is -0.469 e. The number of nitrogens with zero attached hydrogens (tertiary/aromatic N) is 3. The normalized spacial score (nSPS) is 23.8. The largest absolute Gasteiger partial charge is 0.469 e. The number of aryl methyl sites for hydroxylation is 2. The monoisotopic (exact) mass is 328 g/mol. The van der Waals surface area contributed by atoms with Crippen molar-refractivity contribution in [2.75, 3.05) is 0 Å². The number of rotatable bonds is 4. The second-order valence-electron chi connectivity index (χ2n) is 6.53. The summed E-state index contributed by atoms with van der Waals surface area (Å²) in [5.74, 6) is 0.467. The van der Waals surface area contributed by atoms with E-state index in [2.05, 4.69) is 10.4 Å². The molecule has 0 radical (unpaired) electrons. The van der Waals surface area contributed by atoms with Crippen molar-refractivity contribution in [3.8, 4) is 0 Å². The topological polar surface area (TPSA) is 80.4 Å². The van der Waals surface area contributed by atoms with Gasteiger partial charge in [0.15, 0.2) is 0 Å². The molecule has 126 valence electrons. The number of carbonyl (C=O) groups excluding carboxylic acids is 2. The van der Waals surface area contributed by atoms with Gasteiger partial charge < -0.3 is 14.6 Å². The van der Waals surface area contributed by atoms with Gasteiger partial charge in [-0.1, -0.05) is 0 Å². The molecule has 24 heavy (non-hydrogen) atoms. The molecule has 1 N–H and O–H groups in total. The van der Waals surface area contributed by atoms with E-state index >= 15 is 0 Å². The number of likely N-dealkylation sites (tertiary alicyclic amines) is 1. The van der Waals surface area contributed by atoms with Crippen molar-refractivity contribution < 1.29 is 14.0 Å². The Kier molecular flexibility index (Phi) is 3.44. The molecule has 2 atom stereocenters. The van der Waals surface area contributed by atoms with Crippen LogP contribution in [0, 0.1) is 6.92 Å². The molecular formula is C17H20N4O3. The number of aromatic nitrogens is 2. The van der Waals surface area contributed by atoms with E-state index in [-0.39, 0.29) is 29.9 Å². The lowest BCUT2D eigenvalue weighted by atomic mass is 10.0. The van der Waals surface area contributed by atoms with Crippen LogP contribution in [0.3, 0.4) is 0 Å². The van der Waals surface area contributed by atoms with E-state index in [1.54, 1.807) is 23.9 Å². The van der Waals surface area contributed by atoms with Crippen LogP contribution < -0.4 is 5.32 Å². The Morgan fingerprint density at radius 2 is 2.17 bits per heavy atom. The first-order valence-corrected chi connectivity index (χ1v) is 8.20. The number of hydrogen-bond acceptors (Lipinski definition) is 4. The van der Waals surface area contributed by atoms with Crippen molar-refractivity contribution in [1.82, 2.24) is 20.0 Å². The molecule has 1 aliphatic heterocycles. The summed E-state index contributed by atoms with van der Waals surface area (Å²) in [4.78, 5) is 27.0. The number of carbonyl (C=O) groups is 2. The van der Waals surface area contributed by atoms with Crippen molar-refractivity contribution in [2.45, 2.75) is 44.3 Å². The van der Waals surface area contributed by atoms with Crippen molar-refractivity contribution in [1.29, 1.82) is 0 Å². The zero-order valence-electron chi connectivity index (χ0n) is 13.7. The Morgan fingerprint density at radius 1 is 1.38 bits per heavy atom. The third-order valence-electron chi connectivity index (χ3n) is 4.89. The molecule has 2 amide bonds. The molecule has 0 unspecified atom stereocenters. The SMILES string of the molecule is Cc1occc1C(=O)N[C@@H]1CC(=O)N(C2CC2)[C@H]1c1ccnn1C. The maximum absolute atomic E-state index is 12.6. The van der Waals surface area contributed by atoms with Gasteiger partial charge in [0.1, 0.15) is 5.76 Å². The van der Waals surface area contributed by atoms with Gasteiger partial charge in [0, 0.05) is 25.7 Å². The fraction of sp³-hybridized carbons (Fsp3) is 0.471. The summed E-state index contributed by atoms with van der Waals surface area (Å²) in [6.45, 7) is 1.75. The van der Waals surface area contributed by atoms with E-state index in [1.807, 2.05) is 18.0 Å². The van der Waals surface area contributed by atoms with Crippen LogP contribution in [0.2, 0.25) is 0 Å². The van der Waals surface area contributed by atoms with Crippen molar-refractivity contribution in [3.05, 3.63) is 41.6 Å². The first-order chi connectivity index (χ1) is 11.6. The Morgan fingerprint density at radius 3 is 2.75 bits per heavy atom. The molecule has 4 rings (SSSR count). The Balaban J connectivity index is 1.63. The van der Waals surface area contributed by atoms with Crippen LogP contribution in [-0.2, 0) is 11.8 Å². The van der Waals surface area contributed by atoms with Gasteiger partial charge in [-0.25, -0.2) is 0 Å². The van der Waals surface area contributed by atoms with Gasteiger partial charge in [-0.2, -0.15) is 5.10 Å². The summed E-state index contributed by atoms with van der Waals surface area (Å²) in [6.07, 6.45) is 5.60. The van der Waals surface area contributed by atoms with Crippen molar-refractivity contribution >= 4 is 11.8 Å². The van der Waals surface area contributed by atoms with Crippen molar-refractivity contribution in [2.24, 2.45) is 7.05 Å². The molecule has 0 aromatic carbocycles. The predicted molar refractivity (Wildman–Crippen MR) is 85.1 cm³/mol. The third kappa shape index (κ3) is 2.40. The lowest BCUT2D eigenvalue weighted by Crippen LogP contribution is -2.41. The molecule has 1 saturated heterocycles. The Bertz CT molecular complexity index is 789. The maximum Gasteiger partial charge on any atom is 0.255 e. The highest BCUT2D eigenvalue weighted by Gasteiger charge is 2.48. The average molecular weight is 328 g/mol. The molecule has 7 heteroatoms. The smallest absolute Gasteiger partial charge is 0.255 e. The third-order valence-corrected chi connectivity index (χ3v) is 4.89. The summed E-state index contributed by atoms with van der Waals surface area (Å²) in [5, 5.41) is 7.26. The van der Waals surface area contributed by atoms with Gasteiger partial charge in [-0.15, -0.1) is 0 Å². The average Bonchev–Trinajstić information content (AvgIpc) is 3.00. The molecule has 3 heterocycles. The minimum absolute atomic E-state index is 0.0953. The van der Waals surface area contributed by atoms with Gasteiger partial charge in [-0.05, 0) is 31.9 Å². The van der Waals surface area contributed by atoms with E-state index in [0.717, 1.165) is 18.5 Å². The molecule has 2 aliphatic rings. The number of nitrogens with one attached hydrogen (secondary N) is 1. The summed E-state index contributed by atoms with van der Waals surface area (Å²) in [6, 6.07) is 3.42. The molecule has 1 aliphatic carbocycles. The number of hydrogen-bond donors (Lipinski definition) is 1. The lowest BCUT2D eigenvalue weighted by molar-refractivity contribution is -0.129. The number of amides is 2. The van der Waals surface area contributed by atoms with E-state index in [9.17, 15) is 9.59 Å². The first kappa shape index (κ1) is 15.0. The molecular weight excluding hydrogens is 308 g/mol. The maximum atomic E-state index is 12.6. The number of furan rings is 1. The second-order valence-corrected chi connectivity index (χ2v) is 6.53. The van der Waals surface area contributed by atoms with E-state index in [4.69, 9.17) is 4.42 Å². The summed E-state index contributed by atoms with van der Waals surface area (Å²) >= 11 is 0. The standard InChI is InChI=1S/C17H20N4O3/c1-10-12(6-8-24-10)17(23)19-13-9-15(22)21(11-3-4-11)16(13)14-5-7-18-20(14)2/h5-8,11,13,16H,3-4,9H2,1-2H3,(H,19,23)/t13-,16-/m1/s1. The highest BCUT2D eigenvalue weighted by atomic mass is 16.3. The van der Waals surface area contributed by atoms with Crippen LogP contribution in [0.15, 0.2) is 29.0 Å².